The standard InChI is InChI=1S/C33H48O4/c1-22(11-9-8-10-18-31(4,5)37-24(3)35)28-14-15-29-27-13-12-25-21-26(36-23(2)34)16-19-32(25,6)30(27)17-20-33(28,29)7/h12-13,16,19,21-22,28-30H,8-11,14-15,17-18,20H2,1-7H3/t22-,28-,29+,30+,32+,33-/m1/s1. The first-order valence-electron chi connectivity index (χ1n) is 14.6. The predicted molar refractivity (Wildman–Crippen MR) is 148 cm³/mol. The minimum atomic E-state index is -0.355. The summed E-state index contributed by atoms with van der Waals surface area (Å²) in [5.74, 6) is 2.93. The van der Waals surface area contributed by atoms with Gasteiger partial charge in [-0.05, 0) is 99.2 Å². The Balaban J connectivity index is 1.38. The van der Waals surface area contributed by atoms with Gasteiger partial charge in [-0.2, -0.15) is 0 Å². The number of carbonyl (C=O) groups is 2. The molecule has 0 radical (unpaired) electrons. The summed E-state index contributed by atoms with van der Waals surface area (Å²) in [5.41, 5.74) is 2.95. The molecule has 0 aromatic rings. The molecule has 0 N–H and O–H groups in total. The lowest BCUT2D eigenvalue weighted by Crippen LogP contribution is -2.44. The van der Waals surface area contributed by atoms with Gasteiger partial charge in [0.2, 0.25) is 0 Å². The van der Waals surface area contributed by atoms with E-state index < -0.39 is 0 Å². The Hall–Kier alpha value is -2.10. The second kappa shape index (κ2) is 10.6. The molecule has 0 aromatic carbocycles. The summed E-state index contributed by atoms with van der Waals surface area (Å²) in [4.78, 5) is 22.8. The number of fused-ring (bicyclic) bond motifs is 5. The van der Waals surface area contributed by atoms with Crippen LogP contribution < -0.4 is 0 Å². The van der Waals surface area contributed by atoms with Gasteiger partial charge in [0.05, 0.1) is 0 Å². The van der Waals surface area contributed by atoms with Crippen molar-refractivity contribution in [3.05, 3.63) is 47.3 Å². The van der Waals surface area contributed by atoms with Gasteiger partial charge in [-0.25, -0.2) is 0 Å². The van der Waals surface area contributed by atoms with Crippen LogP contribution in [0.2, 0.25) is 0 Å². The zero-order valence-electron chi connectivity index (χ0n) is 24.2. The molecular formula is C33H48O4. The number of unbranched alkanes of at least 4 members (excludes halogenated alkanes) is 2. The molecule has 0 amide bonds. The van der Waals surface area contributed by atoms with Crippen molar-refractivity contribution in [2.75, 3.05) is 0 Å². The van der Waals surface area contributed by atoms with E-state index in [-0.39, 0.29) is 23.0 Å². The number of hydrogen-bond donors (Lipinski definition) is 0. The first-order valence-corrected chi connectivity index (χ1v) is 14.6. The fourth-order valence-corrected chi connectivity index (χ4v) is 8.35. The van der Waals surface area contributed by atoms with E-state index in [0.29, 0.717) is 23.0 Å². The van der Waals surface area contributed by atoms with Gasteiger partial charge in [0.1, 0.15) is 11.4 Å². The maximum absolute atomic E-state index is 11.5. The second-order valence-electron chi connectivity index (χ2n) is 13.3. The van der Waals surface area contributed by atoms with Gasteiger partial charge in [0.15, 0.2) is 0 Å². The summed E-state index contributed by atoms with van der Waals surface area (Å²) in [5, 5.41) is 0. The van der Waals surface area contributed by atoms with E-state index in [1.165, 1.54) is 64.4 Å². The minimum absolute atomic E-state index is 0.0152. The van der Waals surface area contributed by atoms with E-state index in [0.717, 1.165) is 24.7 Å². The molecule has 2 fully saturated rings. The van der Waals surface area contributed by atoms with Gasteiger partial charge >= 0.3 is 11.9 Å². The van der Waals surface area contributed by atoms with Gasteiger partial charge < -0.3 is 9.47 Å². The predicted octanol–water partition coefficient (Wildman–Crippen LogP) is 8.25. The maximum Gasteiger partial charge on any atom is 0.308 e. The fraction of sp³-hybridized carbons (Fsp3) is 0.697. The van der Waals surface area contributed by atoms with Gasteiger partial charge in [0, 0.05) is 19.3 Å². The summed E-state index contributed by atoms with van der Waals surface area (Å²) in [6.45, 7) is 14.4. The summed E-state index contributed by atoms with van der Waals surface area (Å²) < 4.78 is 10.8. The van der Waals surface area contributed by atoms with Gasteiger partial charge in [-0.15, -0.1) is 0 Å². The summed E-state index contributed by atoms with van der Waals surface area (Å²) in [6.07, 6.45) is 22.0. The third-order valence-electron chi connectivity index (χ3n) is 10.2. The third-order valence-corrected chi connectivity index (χ3v) is 10.2. The van der Waals surface area contributed by atoms with Crippen LogP contribution in [-0.2, 0) is 19.1 Å². The number of esters is 2. The van der Waals surface area contributed by atoms with Crippen LogP contribution in [0.1, 0.15) is 106 Å². The molecule has 0 spiro atoms. The molecule has 4 aliphatic carbocycles. The van der Waals surface area contributed by atoms with E-state index >= 15 is 0 Å². The van der Waals surface area contributed by atoms with Crippen LogP contribution in [0.3, 0.4) is 0 Å². The molecule has 0 aromatic heterocycles. The Labute approximate surface area is 224 Å². The molecular weight excluding hydrogens is 460 g/mol. The monoisotopic (exact) mass is 508 g/mol. The van der Waals surface area contributed by atoms with Crippen molar-refractivity contribution in [1.82, 2.24) is 0 Å². The normalized spacial score (nSPS) is 33.3. The SMILES string of the molecule is CC(=O)OC1=CC2=CC=C3[C@@H]4CC[C@H]([C@H](C)CCCCCC(C)(C)OC(C)=O)[C@@]4(C)CC[C@@H]3[C@@]2(C)C=C1. The van der Waals surface area contributed by atoms with E-state index in [1.807, 2.05) is 19.9 Å². The summed E-state index contributed by atoms with van der Waals surface area (Å²) >= 11 is 0. The Morgan fingerprint density at radius 2 is 1.78 bits per heavy atom. The van der Waals surface area contributed by atoms with E-state index in [9.17, 15) is 9.59 Å². The fourth-order valence-electron chi connectivity index (χ4n) is 8.35. The Kier molecular flexibility index (Phi) is 7.98. The molecule has 4 aliphatic rings. The van der Waals surface area contributed by atoms with Gasteiger partial charge in [-0.3, -0.25) is 9.59 Å². The maximum atomic E-state index is 11.5. The van der Waals surface area contributed by atoms with Crippen LogP contribution in [0.5, 0.6) is 0 Å². The largest absolute Gasteiger partial charge is 0.460 e. The van der Waals surface area contributed by atoms with Crippen molar-refractivity contribution in [3.63, 3.8) is 0 Å². The van der Waals surface area contributed by atoms with E-state index in [4.69, 9.17) is 9.47 Å². The van der Waals surface area contributed by atoms with Gasteiger partial charge in [0.25, 0.3) is 0 Å². The highest BCUT2D eigenvalue weighted by molar-refractivity contribution is 5.68. The van der Waals surface area contributed by atoms with Crippen molar-refractivity contribution in [3.8, 4) is 0 Å². The van der Waals surface area contributed by atoms with Crippen molar-refractivity contribution in [2.45, 2.75) is 112 Å². The quantitative estimate of drug-likeness (QED) is 0.232. The lowest BCUT2D eigenvalue weighted by Gasteiger charge is -2.53. The van der Waals surface area contributed by atoms with Crippen LogP contribution in [0, 0.1) is 34.5 Å². The van der Waals surface area contributed by atoms with Crippen molar-refractivity contribution in [1.29, 1.82) is 0 Å². The van der Waals surface area contributed by atoms with Crippen LogP contribution in [0.15, 0.2) is 47.3 Å². The summed E-state index contributed by atoms with van der Waals surface area (Å²) in [7, 11) is 0. The number of rotatable bonds is 9. The lowest BCUT2D eigenvalue weighted by atomic mass is 9.51. The minimum Gasteiger partial charge on any atom is -0.460 e. The highest BCUT2D eigenvalue weighted by Crippen LogP contribution is 2.65. The van der Waals surface area contributed by atoms with Crippen LogP contribution in [0.4, 0.5) is 0 Å². The second-order valence-corrected chi connectivity index (χ2v) is 13.3. The van der Waals surface area contributed by atoms with Crippen molar-refractivity contribution < 1.29 is 19.1 Å². The highest BCUT2D eigenvalue weighted by Gasteiger charge is 2.56. The average Bonchev–Trinajstić information content (AvgIpc) is 3.15. The molecule has 2 saturated carbocycles. The van der Waals surface area contributed by atoms with Crippen LogP contribution >= 0.6 is 0 Å². The lowest BCUT2D eigenvalue weighted by molar-refractivity contribution is -0.154. The topological polar surface area (TPSA) is 52.6 Å². The number of hydrogen-bond acceptors (Lipinski definition) is 4. The van der Waals surface area contributed by atoms with Crippen molar-refractivity contribution in [2.24, 2.45) is 34.5 Å². The Morgan fingerprint density at radius 1 is 1.03 bits per heavy atom. The first kappa shape index (κ1) is 27.9. The molecule has 204 valence electrons. The zero-order chi connectivity index (χ0) is 27.0. The third kappa shape index (κ3) is 5.68. The molecule has 0 aliphatic heterocycles. The Bertz CT molecular complexity index is 1030. The Morgan fingerprint density at radius 3 is 2.49 bits per heavy atom. The average molecular weight is 509 g/mol. The van der Waals surface area contributed by atoms with Crippen LogP contribution in [0.25, 0.3) is 0 Å². The molecule has 4 nitrogen and oxygen atoms in total. The summed E-state index contributed by atoms with van der Waals surface area (Å²) in [6, 6.07) is 0. The molecule has 0 saturated heterocycles. The number of carbonyl (C=O) groups excluding carboxylic acids is 2. The van der Waals surface area contributed by atoms with Crippen LogP contribution in [-0.4, -0.2) is 17.5 Å². The molecule has 0 bridgehead atoms. The van der Waals surface area contributed by atoms with Gasteiger partial charge in [-0.1, -0.05) is 63.8 Å². The van der Waals surface area contributed by atoms with Crippen molar-refractivity contribution >= 4 is 11.9 Å². The molecule has 6 atom stereocenters. The van der Waals surface area contributed by atoms with E-state index in [2.05, 4.69) is 45.1 Å². The molecule has 0 heterocycles. The first-order chi connectivity index (χ1) is 17.4. The molecule has 4 heteroatoms. The molecule has 37 heavy (non-hydrogen) atoms. The molecule has 0 unspecified atom stereocenters. The number of ether oxygens (including phenoxy) is 2. The number of allylic oxidation sites excluding steroid dienone is 7. The highest BCUT2D eigenvalue weighted by atomic mass is 16.6. The molecule has 4 rings (SSSR count). The zero-order valence-corrected chi connectivity index (χ0v) is 24.2. The smallest absolute Gasteiger partial charge is 0.308 e. The van der Waals surface area contributed by atoms with E-state index in [1.54, 1.807) is 5.57 Å².